The van der Waals surface area contributed by atoms with Crippen molar-refractivity contribution in [2.75, 3.05) is 23.8 Å². The maximum atomic E-state index is 13.3. The molecule has 0 aromatic heterocycles. The molecule has 3 rings (SSSR count). The number of ether oxygens (including phenoxy) is 1. The zero-order valence-corrected chi connectivity index (χ0v) is 18.8. The van der Waals surface area contributed by atoms with Crippen molar-refractivity contribution in [1.82, 2.24) is 5.32 Å². The monoisotopic (exact) mass is 463 g/mol. The lowest BCUT2D eigenvalue weighted by atomic mass is 10.1. The summed E-state index contributed by atoms with van der Waals surface area (Å²) < 4.78 is 18.9. The Morgan fingerprint density at radius 1 is 0.824 bits per heavy atom. The Hall–Kier alpha value is -4.20. The Morgan fingerprint density at radius 3 is 2.24 bits per heavy atom. The van der Waals surface area contributed by atoms with Crippen molar-refractivity contribution in [3.8, 4) is 5.75 Å². The van der Waals surface area contributed by atoms with Crippen LogP contribution < -0.4 is 20.7 Å². The number of amides is 3. The molecular weight excluding hydrogens is 437 g/mol. The van der Waals surface area contributed by atoms with E-state index in [1.54, 1.807) is 48.5 Å². The summed E-state index contributed by atoms with van der Waals surface area (Å²) in [5.41, 5.74) is 1.40. The van der Waals surface area contributed by atoms with Crippen LogP contribution in [0.3, 0.4) is 0 Å². The van der Waals surface area contributed by atoms with Gasteiger partial charge in [-0.1, -0.05) is 25.5 Å². The minimum Gasteiger partial charge on any atom is -0.494 e. The number of carbonyl (C=O) groups excluding carboxylic acids is 3. The fraction of sp³-hybridized carbons (Fsp3) is 0.192. The van der Waals surface area contributed by atoms with Crippen molar-refractivity contribution in [1.29, 1.82) is 0 Å². The first kappa shape index (κ1) is 24.4. The van der Waals surface area contributed by atoms with E-state index < -0.39 is 23.5 Å². The van der Waals surface area contributed by atoms with E-state index in [0.717, 1.165) is 12.8 Å². The fourth-order valence-corrected chi connectivity index (χ4v) is 3.01. The normalized spacial score (nSPS) is 10.3. The average molecular weight is 464 g/mol. The van der Waals surface area contributed by atoms with Gasteiger partial charge in [0.1, 0.15) is 11.6 Å². The molecule has 3 aromatic rings. The van der Waals surface area contributed by atoms with Crippen LogP contribution >= 0.6 is 0 Å². The number of hydrogen-bond acceptors (Lipinski definition) is 4. The van der Waals surface area contributed by atoms with Gasteiger partial charge in [-0.15, -0.1) is 0 Å². The number of benzene rings is 3. The van der Waals surface area contributed by atoms with Gasteiger partial charge in [-0.25, -0.2) is 4.39 Å². The third kappa shape index (κ3) is 7.44. The van der Waals surface area contributed by atoms with E-state index in [1.165, 1.54) is 24.3 Å². The predicted molar refractivity (Wildman–Crippen MR) is 129 cm³/mol. The summed E-state index contributed by atoms with van der Waals surface area (Å²) in [7, 11) is 0. The van der Waals surface area contributed by atoms with Crippen LogP contribution in [0.5, 0.6) is 5.75 Å². The van der Waals surface area contributed by atoms with Crippen LogP contribution in [0, 0.1) is 5.82 Å². The summed E-state index contributed by atoms with van der Waals surface area (Å²) in [6.45, 7) is 2.46. The van der Waals surface area contributed by atoms with Crippen molar-refractivity contribution in [3.63, 3.8) is 0 Å². The lowest BCUT2D eigenvalue weighted by Gasteiger charge is -2.10. The highest BCUT2D eigenvalue weighted by Gasteiger charge is 2.11. The average Bonchev–Trinajstić information content (AvgIpc) is 2.83. The molecule has 8 heteroatoms. The van der Waals surface area contributed by atoms with Crippen LogP contribution in [-0.4, -0.2) is 30.9 Å². The van der Waals surface area contributed by atoms with Gasteiger partial charge in [0.05, 0.1) is 13.2 Å². The summed E-state index contributed by atoms with van der Waals surface area (Å²) in [5, 5.41) is 7.80. The van der Waals surface area contributed by atoms with Crippen LogP contribution in [0.1, 0.15) is 40.5 Å². The van der Waals surface area contributed by atoms with Crippen molar-refractivity contribution in [2.24, 2.45) is 0 Å². The van der Waals surface area contributed by atoms with Gasteiger partial charge in [0.25, 0.3) is 11.8 Å². The highest BCUT2D eigenvalue weighted by Crippen LogP contribution is 2.15. The molecule has 0 fully saturated rings. The first-order valence-corrected chi connectivity index (χ1v) is 10.9. The van der Waals surface area contributed by atoms with E-state index in [2.05, 4.69) is 22.9 Å². The second kappa shape index (κ2) is 12.2. The number of nitrogens with one attached hydrogen (secondary N) is 3. The van der Waals surface area contributed by atoms with E-state index in [-0.39, 0.29) is 12.1 Å². The molecule has 0 radical (unpaired) electrons. The molecule has 3 N–H and O–H groups in total. The SMILES string of the molecule is CCCCOc1ccc(C(=O)NCC(=O)Nc2cccc(C(=O)Nc3cccc(F)c3)c2)cc1. The van der Waals surface area contributed by atoms with Gasteiger partial charge in [0.15, 0.2) is 0 Å². The molecule has 0 bridgehead atoms. The van der Waals surface area contributed by atoms with E-state index in [9.17, 15) is 18.8 Å². The molecule has 3 aromatic carbocycles. The smallest absolute Gasteiger partial charge is 0.255 e. The Bertz CT molecular complexity index is 1150. The molecule has 0 saturated carbocycles. The van der Waals surface area contributed by atoms with Gasteiger partial charge in [0.2, 0.25) is 5.91 Å². The third-order valence-corrected chi connectivity index (χ3v) is 4.78. The van der Waals surface area contributed by atoms with Gasteiger partial charge in [0, 0.05) is 22.5 Å². The maximum Gasteiger partial charge on any atom is 0.255 e. The van der Waals surface area contributed by atoms with E-state index in [0.29, 0.717) is 29.3 Å². The zero-order chi connectivity index (χ0) is 24.3. The summed E-state index contributed by atoms with van der Waals surface area (Å²) in [5.74, 6) is -1.06. The van der Waals surface area contributed by atoms with E-state index in [1.807, 2.05) is 0 Å². The lowest BCUT2D eigenvalue weighted by Crippen LogP contribution is -2.32. The van der Waals surface area contributed by atoms with Gasteiger partial charge in [-0.3, -0.25) is 14.4 Å². The van der Waals surface area contributed by atoms with Crippen molar-refractivity contribution < 1.29 is 23.5 Å². The summed E-state index contributed by atoms with van der Waals surface area (Å²) in [6, 6.07) is 18.5. The predicted octanol–water partition coefficient (Wildman–Crippen LogP) is 4.63. The van der Waals surface area contributed by atoms with Crippen LogP contribution in [0.4, 0.5) is 15.8 Å². The molecule has 0 saturated heterocycles. The lowest BCUT2D eigenvalue weighted by molar-refractivity contribution is -0.115. The number of anilines is 2. The van der Waals surface area contributed by atoms with Gasteiger partial charge < -0.3 is 20.7 Å². The second-order valence-corrected chi connectivity index (χ2v) is 7.50. The third-order valence-electron chi connectivity index (χ3n) is 4.78. The summed E-state index contributed by atoms with van der Waals surface area (Å²) in [6.07, 6.45) is 1.99. The number of halogens is 1. The number of hydrogen-bond donors (Lipinski definition) is 3. The van der Waals surface area contributed by atoms with Gasteiger partial charge in [-0.2, -0.15) is 0 Å². The molecule has 176 valence electrons. The minimum atomic E-state index is -0.461. The first-order chi connectivity index (χ1) is 16.4. The van der Waals surface area contributed by atoms with E-state index >= 15 is 0 Å². The van der Waals surface area contributed by atoms with Crippen molar-refractivity contribution in [3.05, 3.63) is 89.7 Å². The molecular formula is C26H26FN3O4. The van der Waals surface area contributed by atoms with Crippen LogP contribution in [0.15, 0.2) is 72.8 Å². The fourth-order valence-electron chi connectivity index (χ4n) is 3.01. The number of rotatable bonds is 10. The minimum absolute atomic E-state index is 0.243. The number of carbonyl (C=O) groups is 3. The maximum absolute atomic E-state index is 13.3. The molecule has 7 nitrogen and oxygen atoms in total. The highest BCUT2D eigenvalue weighted by atomic mass is 19.1. The Kier molecular flexibility index (Phi) is 8.73. The largest absolute Gasteiger partial charge is 0.494 e. The van der Waals surface area contributed by atoms with E-state index in [4.69, 9.17) is 4.74 Å². The van der Waals surface area contributed by atoms with Crippen LogP contribution in [-0.2, 0) is 4.79 Å². The summed E-state index contributed by atoms with van der Waals surface area (Å²) >= 11 is 0. The Balaban J connectivity index is 1.50. The van der Waals surface area contributed by atoms with Gasteiger partial charge >= 0.3 is 0 Å². The summed E-state index contributed by atoms with van der Waals surface area (Å²) in [4.78, 5) is 37.0. The van der Waals surface area contributed by atoms with Crippen molar-refractivity contribution in [2.45, 2.75) is 19.8 Å². The zero-order valence-electron chi connectivity index (χ0n) is 18.8. The van der Waals surface area contributed by atoms with Crippen LogP contribution in [0.25, 0.3) is 0 Å². The molecule has 0 spiro atoms. The molecule has 0 aliphatic carbocycles. The molecule has 34 heavy (non-hydrogen) atoms. The van der Waals surface area contributed by atoms with Crippen molar-refractivity contribution >= 4 is 29.1 Å². The molecule has 3 amide bonds. The topological polar surface area (TPSA) is 96.5 Å². The number of unbranched alkanes of at least 4 members (excludes halogenated alkanes) is 1. The molecule has 0 atom stereocenters. The van der Waals surface area contributed by atoms with Gasteiger partial charge in [-0.05, 0) is 67.1 Å². The molecule has 0 aliphatic heterocycles. The Labute approximate surface area is 197 Å². The molecule has 0 aliphatic rings. The standard InChI is InChI=1S/C26H26FN3O4/c1-2-3-14-34-23-12-10-18(11-13-23)25(32)28-17-24(31)29-21-8-4-6-19(15-21)26(33)30-22-9-5-7-20(27)16-22/h4-13,15-16H,2-3,14,17H2,1H3,(H,28,32)(H,29,31)(H,30,33). The molecule has 0 heterocycles. The second-order valence-electron chi connectivity index (χ2n) is 7.50. The first-order valence-electron chi connectivity index (χ1n) is 10.9. The van der Waals surface area contributed by atoms with Crippen LogP contribution in [0.2, 0.25) is 0 Å². The molecule has 0 unspecified atom stereocenters. The highest BCUT2D eigenvalue weighted by molar-refractivity contribution is 6.05. The quantitative estimate of drug-likeness (QED) is 0.382. The Morgan fingerprint density at radius 2 is 1.53 bits per heavy atom.